The van der Waals surface area contributed by atoms with Crippen molar-refractivity contribution in [3.05, 3.63) is 0 Å². The first-order valence-corrected chi connectivity index (χ1v) is 5.58. The highest BCUT2D eigenvalue weighted by Crippen LogP contribution is 2.20. The SMILES string of the molecule is NC(=O)C(CCOCCC(F)(F)F)NC1CC1. The van der Waals surface area contributed by atoms with Crippen LogP contribution in [-0.4, -0.2) is 37.4 Å². The lowest BCUT2D eigenvalue weighted by Gasteiger charge is -2.15. The number of ether oxygens (including phenoxy) is 1. The lowest BCUT2D eigenvalue weighted by atomic mass is 10.2. The molecule has 0 saturated heterocycles. The van der Waals surface area contributed by atoms with Crippen molar-refractivity contribution >= 4 is 5.91 Å². The third kappa shape index (κ3) is 7.17. The Balaban J connectivity index is 2.07. The second-order valence-corrected chi connectivity index (χ2v) is 4.16. The topological polar surface area (TPSA) is 64.4 Å². The van der Waals surface area contributed by atoms with Crippen molar-refractivity contribution in [2.24, 2.45) is 5.73 Å². The lowest BCUT2D eigenvalue weighted by molar-refractivity contribution is -0.145. The second kappa shape index (κ2) is 6.20. The summed E-state index contributed by atoms with van der Waals surface area (Å²) in [6, 6.07) is -0.184. The van der Waals surface area contributed by atoms with E-state index in [0.717, 1.165) is 12.8 Å². The van der Waals surface area contributed by atoms with Crippen molar-refractivity contribution in [3.63, 3.8) is 0 Å². The molecule has 7 heteroatoms. The minimum atomic E-state index is -4.20. The highest BCUT2D eigenvalue weighted by Gasteiger charge is 2.28. The van der Waals surface area contributed by atoms with Gasteiger partial charge in [0.2, 0.25) is 5.91 Å². The maximum absolute atomic E-state index is 11.8. The van der Waals surface area contributed by atoms with Gasteiger partial charge in [0.15, 0.2) is 0 Å². The Morgan fingerprint density at radius 2 is 2.06 bits per heavy atom. The van der Waals surface area contributed by atoms with E-state index in [9.17, 15) is 18.0 Å². The number of hydrogen-bond donors (Lipinski definition) is 2. The molecule has 0 heterocycles. The van der Waals surface area contributed by atoms with Crippen LogP contribution in [0.25, 0.3) is 0 Å². The molecular formula is C10H17F3N2O2. The Morgan fingerprint density at radius 3 is 2.53 bits per heavy atom. The first kappa shape index (κ1) is 14.2. The number of halogens is 3. The molecule has 0 aromatic rings. The van der Waals surface area contributed by atoms with E-state index < -0.39 is 24.5 Å². The third-order valence-corrected chi connectivity index (χ3v) is 2.44. The summed E-state index contributed by atoms with van der Waals surface area (Å²) < 4.78 is 40.2. The molecule has 1 aliphatic carbocycles. The molecule has 1 unspecified atom stereocenters. The molecule has 0 aromatic heterocycles. The summed E-state index contributed by atoms with van der Waals surface area (Å²) in [5.41, 5.74) is 5.16. The van der Waals surface area contributed by atoms with Gasteiger partial charge in [0.25, 0.3) is 0 Å². The minimum absolute atomic E-state index is 0.101. The van der Waals surface area contributed by atoms with Crippen LogP contribution in [0.15, 0.2) is 0 Å². The predicted molar refractivity (Wildman–Crippen MR) is 55.2 cm³/mol. The minimum Gasteiger partial charge on any atom is -0.381 e. The lowest BCUT2D eigenvalue weighted by Crippen LogP contribution is -2.43. The van der Waals surface area contributed by atoms with Crippen molar-refractivity contribution in [1.82, 2.24) is 5.32 Å². The van der Waals surface area contributed by atoms with E-state index in [1.165, 1.54) is 0 Å². The van der Waals surface area contributed by atoms with Crippen LogP contribution >= 0.6 is 0 Å². The van der Waals surface area contributed by atoms with Gasteiger partial charge in [0.1, 0.15) is 0 Å². The maximum Gasteiger partial charge on any atom is 0.391 e. The van der Waals surface area contributed by atoms with Gasteiger partial charge in [-0.2, -0.15) is 13.2 Å². The molecule has 17 heavy (non-hydrogen) atoms. The van der Waals surface area contributed by atoms with Gasteiger partial charge in [-0.1, -0.05) is 0 Å². The van der Waals surface area contributed by atoms with Gasteiger partial charge < -0.3 is 15.8 Å². The van der Waals surface area contributed by atoms with Crippen molar-refractivity contribution < 1.29 is 22.7 Å². The van der Waals surface area contributed by atoms with Crippen molar-refractivity contribution in [3.8, 4) is 0 Å². The molecule has 0 bridgehead atoms. The number of alkyl halides is 3. The second-order valence-electron chi connectivity index (χ2n) is 4.16. The monoisotopic (exact) mass is 254 g/mol. The first-order valence-electron chi connectivity index (χ1n) is 5.58. The molecule has 4 nitrogen and oxygen atoms in total. The van der Waals surface area contributed by atoms with Crippen molar-refractivity contribution in [2.45, 2.75) is 43.9 Å². The van der Waals surface area contributed by atoms with Gasteiger partial charge in [-0.05, 0) is 19.3 Å². The van der Waals surface area contributed by atoms with E-state index in [4.69, 9.17) is 10.5 Å². The summed E-state index contributed by atoms with van der Waals surface area (Å²) in [6.07, 6.45) is -2.83. The van der Waals surface area contributed by atoms with Gasteiger partial charge in [0.05, 0.1) is 19.1 Å². The summed E-state index contributed by atoms with van der Waals surface area (Å²) in [7, 11) is 0. The number of rotatable bonds is 8. The average Bonchev–Trinajstić information content (AvgIpc) is 2.97. The van der Waals surface area contributed by atoms with E-state index in [2.05, 4.69) is 5.32 Å². The van der Waals surface area contributed by atoms with Crippen LogP contribution in [0.5, 0.6) is 0 Å². The number of nitrogens with one attached hydrogen (secondary N) is 1. The zero-order valence-electron chi connectivity index (χ0n) is 9.43. The van der Waals surface area contributed by atoms with Gasteiger partial charge in [-0.15, -0.1) is 0 Å². The Bertz CT molecular complexity index is 254. The largest absolute Gasteiger partial charge is 0.391 e. The number of carbonyl (C=O) groups excluding carboxylic acids is 1. The summed E-state index contributed by atoms with van der Waals surface area (Å²) in [5, 5.41) is 3.02. The van der Waals surface area contributed by atoms with E-state index in [1.807, 2.05) is 0 Å². The van der Waals surface area contributed by atoms with Crippen LogP contribution < -0.4 is 11.1 Å². The van der Waals surface area contributed by atoms with E-state index in [-0.39, 0.29) is 13.2 Å². The predicted octanol–water partition coefficient (Wildman–Crippen LogP) is 0.951. The number of amides is 1. The van der Waals surface area contributed by atoms with Gasteiger partial charge >= 0.3 is 6.18 Å². The molecule has 1 amide bonds. The third-order valence-electron chi connectivity index (χ3n) is 2.44. The Kier molecular flexibility index (Phi) is 5.20. The fraction of sp³-hybridized carbons (Fsp3) is 0.900. The molecule has 1 saturated carbocycles. The fourth-order valence-corrected chi connectivity index (χ4v) is 1.33. The molecule has 100 valence electrons. The summed E-state index contributed by atoms with van der Waals surface area (Å²) >= 11 is 0. The number of carbonyl (C=O) groups is 1. The highest BCUT2D eigenvalue weighted by molar-refractivity contribution is 5.79. The Morgan fingerprint density at radius 1 is 1.41 bits per heavy atom. The molecule has 1 atom stereocenters. The number of hydrogen-bond acceptors (Lipinski definition) is 3. The molecule has 3 N–H and O–H groups in total. The highest BCUT2D eigenvalue weighted by atomic mass is 19.4. The van der Waals surface area contributed by atoms with Crippen LogP contribution in [0.2, 0.25) is 0 Å². The zero-order valence-corrected chi connectivity index (χ0v) is 9.43. The van der Waals surface area contributed by atoms with Crippen LogP contribution in [0, 0.1) is 0 Å². The van der Waals surface area contributed by atoms with Gasteiger partial charge in [0, 0.05) is 12.6 Å². The fourth-order valence-electron chi connectivity index (χ4n) is 1.33. The van der Waals surface area contributed by atoms with Crippen LogP contribution in [0.3, 0.4) is 0 Å². The molecular weight excluding hydrogens is 237 g/mol. The smallest absolute Gasteiger partial charge is 0.381 e. The molecule has 0 aliphatic heterocycles. The summed E-state index contributed by atoms with van der Waals surface area (Å²) in [5.74, 6) is -0.490. The standard InChI is InChI=1S/C10H17F3N2O2/c11-10(12,13)4-6-17-5-3-8(9(14)16)15-7-1-2-7/h7-8,15H,1-6H2,(H2,14,16). The summed E-state index contributed by atoms with van der Waals surface area (Å²) in [4.78, 5) is 11.0. The average molecular weight is 254 g/mol. The maximum atomic E-state index is 11.8. The molecule has 1 rings (SSSR count). The van der Waals surface area contributed by atoms with E-state index in [1.54, 1.807) is 0 Å². The van der Waals surface area contributed by atoms with Gasteiger partial charge in [-0.3, -0.25) is 4.79 Å². The van der Waals surface area contributed by atoms with Gasteiger partial charge in [-0.25, -0.2) is 0 Å². The van der Waals surface area contributed by atoms with Crippen LogP contribution in [-0.2, 0) is 9.53 Å². The zero-order chi connectivity index (χ0) is 12.9. The molecule has 0 aromatic carbocycles. The van der Waals surface area contributed by atoms with E-state index >= 15 is 0 Å². The number of primary amides is 1. The number of nitrogens with two attached hydrogens (primary N) is 1. The van der Waals surface area contributed by atoms with Crippen LogP contribution in [0.4, 0.5) is 13.2 Å². The quantitative estimate of drug-likeness (QED) is 0.634. The van der Waals surface area contributed by atoms with E-state index in [0.29, 0.717) is 12.5 Å². The first-order chi connectivity index (χ1) is 7.88. The Labute approximate surface area is 97.7 Å². The molecule has 1 fully saturated rings. The van der Waals surface area contributed by atoms with Crippen LogP contribution in [0.1, 0.15) is 25.7 Å². The molecule has 0 radical (unpaired) electrons. The molecule has 1 aliphatic rings. The van der Waals surface area contributed by atoms with Crippen molar-refractivity contribution in [2.75, 3.05) is 13.2 Å². The normalized spacial score (nSPS) is 18.1. The summed E-state index contributed by atoms with van der Waals surface area (Å²) in [6.45, 7) is -0.276. The van der Waals surface area contributed by atoms with Crippen molar-refractivity contribution in [1.29, 1.82) is 0 Å². The molecule has 0 spiro atoms. The Hall–Kier alpha value is -0.820.